The summed E-state index contributed by atoms with van der Waals surface area (Å²) < 4.78 is 40.3. The fourth-order valence-electron chi connectivity index (χ4n) is 2.31. The normalized spacial score (nSPS) is 12.1. The Balaban J connectivity index is 2.10. The van der Waals surface area contributed by atoms with Gasteiger partial charge in [0, 0.05) is 34.4 Å². The molecule has 25 heavy (non-hydrogen) atoms. The summed E-state index contributed by atoms with van der Waals surface area (Å²) in [6.45, 7) is 2.04. The Morgan fingerprint density at radius 3 is 2.64 bits per heavy atom. The average Bonchev–Trinajstić information content (AvgIpc) is 2.83. The minimum atomic E-state index is -4.38. The van der Waals surface area contributed by atoms with Crippen LogP contribution in [-0.2, 0) is 7.05 Å². The third kappa shape index (κ3) is 4.12. The summed E-state index contributed by atoms with van der Waals surface area (Å²) in [5.74, 6) is 1.46. The molecule has 0 N–H and O–H groups in total. The van der Waals surface area contributed by atoms with Crippen molar-refractivity contribution in [2.75, 3.05) is 5.75 Å². The van der Waals surface area contributed by atoms with E-state index in [0.29, 0.717) is 22.6 Å². The number of hydrogen-bond donors (Lipinski definition) is 0. The Morgan fingerprint density at radius 2 is 1.96 bits per heavy atom. The van der Waals surface area contributed by atoms with Gasteiger partial charge in [-0.05, 0) is 33.8 Å². The molecule has 0 aromatic carbocycles. The number of aryl methyl sites for hydroxylation is 1. The molecule has 0 fully saturated rings. The number of alkyl halides is 3. The van der Waals surface area contributed by atoms with Crippen LogP contribution < -0.4 is 0 Å². The number of pyridine rings is 2. The van der Waals surface area contributed by atoms with Crippen LogP contribution in [0.25, 0.3) is 22.6 Å². The van der Waals surface area contributed by atoms with E-state index in [1.165, 1.54) is 12.3 Å². The van der Waals surface area contributed by atoms with Crippen molar-refractivity contribution in [1.29, 1.82) is 0 Å². The van der Waals surface area contributed by atoms with Crippen LogP contribution in [0.1, 0.15) is 6.92 Å². The topological polar surface area (TPSA) is 43.6 Å². The van der Waals surface area contributed by atoms with Gasteiger partial charge < -0.3 is 4.57 Å². The van der Waals surface area contributed by atoms with Gasteiger partial charge in [-0.15, -0.1) is 11.8 Å². The molecule has 10 heteroatoms. The molecule has 3 rings (SSSR count). The third-order valence-corrected chi connectivity index (χ3v) is 5.30. The first-order valence-electron chi connectivity index (χ1n) is 7.15. The zero-order valence-corrected chi connectivity index (χ0v) is 16.4. The van der Waals surface area contributed by atoms with Gasteiger partial charge in [-0.2, -0.15) is 13.2 Å². The molecule has 132 valence electrons. The van der Waals surface area contributed by atoms with Gasteiger partial charge in [0.1, 0.15) is 10.7 Å². The molecule has 0 spiro atoms. The van der Waals surface area contributed by atoms with E-state index in [0.717, 1.165) is 15.1 Å². The maximum Gasteiger partial charge on any atom is 0.447 e. The van der Waals surface area contributed by atoms with Crippen molar-refractivity contribution >= 4 is 50.5 Å². The first-order chi connectivity index (χ1) is 11.8. The maximum atomic E-state index is 12.5. The van der Waals surface area contributed by atoms with Gasteiger partial charge in [-0.25, -0.2) is 9.97 Å². The second-order valence-corrected chi connectivity index (χ2v) is 8.29. The number of aromatic nitrogens is 4. The van der Waals surface area contributed by atoms with E-state index in [1.54, 1.807) is 29.6 Å². The first-order valence-corrected chi connectivity index (χ1v) is 9.75. The van der Waals surface area contributed by atoms with Crippen LogP contribution >= 0.6 is 39.5 Å². The van der Waals surface area contributed by atoms with E-state index in [1.807, 2.05) is 13.0 Å². The van der Waals surface area contributed by atoms with E-state index < -0.39 is 5.51 Å². The largest absolute Gasteiger partial charge is 0.447 e. The lowest BCUT2D eigenvalue weighted by atomic mass is 10.3. The fourth-order valence-corrected chi connectivity index (χ4v) is 4.11. The molecule has 0 amide bonds. The number of imidazole rings is 1. The molecule has 0 bridgehead atoms. The summed E-state index contributed by atoms with van der Waals surface area (Å²) in [4.78, 5) is 13.8. The van der Waals surface area contributed by atoms with Crippen LogP contribution in [0.3, 0.4) is 0 Å². The summed E-state index contributed by atoms with van der Waals surface area (Å²) in [5, 5.41) is -0.128. The quantitative estimate of drug-likeness (QED) is 0.491. The van der Waals surface area contributed by atoms with Crippen molar-refractivity contribution in [3.63, 3.8) is 0 Å². The first kappa shape index (κ1) is 18.5. The maximum absolute atomic E-state index is 12.5. The van der Waals surface area contributed by atoms with Crippen LogP contribution in [0, 0.1) is 0 Å². The molecule has 3 aromatic heterocycles. The van der Waals surface area contributed by atoms with Crippen LogP contribution in [0.2, 0.25) is 0 Å². The summed E-state index contributed by atoms with van der Waals surface area (Å²) in [5.41, 5.74) is -2.58. The van der Waals surface area contributed by atoms with E-state index >= 15 is 0 Å². The second-order valence-electron chi connectivity index (χ2n) is 4.99. The monoisotopic (exact) mass is 448 g/mol. The van der Waals surface area contributed by atoms with Crippen LogP contribution in [0.4, 0.5) is 13.2 Å². The number of halogens is 4. The Hall–Kier alpha value is -1.26. The highest BCUT2D eigenvalue weighted by atomic mass is 79.9. The van der Waals surface area contributed by atoms with Crippen LogP contribution in [0.15, 0.2) is 38.9 Å². The number of fused-ring (bicyclic) bond motifs is 1. The molecule has 0 aliphatic carbocycles. The van der Waals surface area contributed by atoms with Gasteiger partial charge in [0.25, 0.3) is 0 Å². The van der Waals surface area contributed by atoms with Crippen molar-refractivity contribution in [1.82, 2.24) is 19.5 Å². The van der Waals surface area contributed by atoms with Crippen LogP contribution in [0.5, 0.6) is 0 Å². The highest BCUT2D eigenvalue weighted by Crippen LogP contribution is 2.37. The van der Waals surface area contributed by atoms with Gasteiger partial charge in [-0.1, -0.05) is 6.92 Å². The zero-order chi connectivity index (χ0) is 18.2. The molecule has 0 saturated heterocycles. The van der Waals surface area contributed by atoms with E-state index in [-0.39, 0.29) is 16.8 Å². The molecule has 0 aliphatic rings. The summed E-state index contributed by atoms with van der Waals surface area (Å²) in [6.07, 6.45) is 3.09. The highest BCUT2D eigenvalue weighted by Gasteiger charge is 2.30. The molecular weight excluding hydrogens is 437 g/mol. The lowest BCUT2D eigenvalue weighted by Gasteiger charge is -2.08. The predicted octanol–water partition coefficient (Wildman–Crippen LogP) is 5.52. The number of nitrogens with zero attached hydrogens (tertiary/aromatic N) is 4. The highest BCUT2D eigenvalue weighted by molar-refractivity contribution is 9.10. The third-order valence-electron chi connectivity index (χ3n) is 3.29. The number of thioether (sulfide) groups is 2. The molecule has 3 heterocycles. The van der Waals surface area contributed by atoms with Crippen molar-refractivity contribution in [3.8, 4) is 11.5 Å². The van der Waals surface area contributed by atoms with E-state index in [2.05, 4.69) is 30.9 Å². The smallest absolute Gasteiger partial charge is 0.325 e. The standard InChI is InChI=1S/C15H12BrF3N4S2/c1-3-24-11-4-8(16)6-21-13(11)14-22-9-5-12(25-15(17,18)19)20-7-10(9)23(14)2/h4-7H,3H2,1-2H3. The minimum absolute atomic E-state index is 0.128. The predicted molar refractivity (Wildman–Crippen MR) is 97.8 cm³/mol. The average molecular weight is 449 g/mol. The molecule has 0 radical (unpaired) electrons. The van der Waals surface area contributed by atoms with Gasteiger partial charge >= 0.3 is 5.51 Å². The molecule has 0 saturated carbocycles. The Bertz CT molecular complexity index is 927. The van der Waals surface area contributed by atoms with Crippen molar-refractivity contribution in [2.45, 2.75) is 22.4 Å². The second kappa shape index (κ2) is 7.16. The van der Waals surface area contributed by atoms with E-state index in [9.17, 15) is 13.2 Å². The van der Waals surface area contributed by atoms with Gasteiger partial charge in [0.15, 0.2) is 5.82 Å². The lowest BCUT2D eigenvalue weighted by Crippen LogP contribution is -2.00. The SMILES string of the molecule is CCSc1cc(Br)cnc1-c1nc2cc(SC(F)(F)F)ncc2n1C. The molecule has 3 aromatic rings. The van der Waals surface area contributed by atoms with Crippen LogP contribution in [-0.4, -0.2) is 30.8 Å². The zero-order valence-electron chi connectivity index (χ0n) is 13.1. The molecule has 0 unspecified atom stereocenters. The molecule has 4 nitrogen and oxygen atoms in total. The summed E-state index contributed by atoms with van der Waals surface area (Å²) in [7, 11) is 1.80. The Kier molecular flexibility index (Phi) is 5.31. The number of hydrogen-bond acceptors (Lipinski definition) is 5. The summed E-state index contributed by atoms with van der Waals surface area (Å²) >= 11 is 4.79. The Morgan fingerprint density at radius 1 is 1.20 bits per heavy atom. The molecule has 0 aliphatic heterocycles. The van der Waals surface area contributed by atoms with E-state index in [4.69, 9.17) is 0 Å². The Labute approximate surface area is 158 Å². The lowest BCUT2D eigenvalue weighted by molar-refractivity contribution is -0.0329. The molecular formula is C15H12BrF3N4S2. The number of rotatable bonds is 4. The minimum Gasteiger partial charge on any atom is -0.325 e. The van der Waals surface area contributed by atoms with Gasteiger partial charge in [0.2, 0.25) is 0 Å². The molecule has 0 atom stereocenters. The van der Waals surface area contributed by atoms with Gasteiger partial charge in [0.05, 0.1) is 17.2 Å². The van der Waals surface area contributed by atoms with Crippen molar-refractivity contribution in [2.24, 2.45) is 7.05 Å². The fraction of sp³-hybridized carbons (Fsp3) is 0.267. The van der Waals surface area contributed by atoms with Crippen molar-refractivity contribution < 1.29 is 13.2 Å². The van der Waals surface area contributed by atoms with Gasteiger partial charge in [-0.3, -0.25) is 4.98 Å². The van der Waals surface area contributed by atoms with Crippen molar-refractivity contribution in [3.05, 3.63) is 29.0 Å². The summed E-state index contributed by atoms with van der Waals surface area (Å²) in [6, 6.07) is 3.31.